The van der Waals surface area contributed by atoms with Crippen molar-refractivity contribution in [3.8, 4) is 0 Å². The van der Waals surface area contributed by atoms with Crippen LogP contribution in [0.3, 0.4) is 0 Å². The maximum absolute atomic E-state index is 10.9. The van der Waals surface area contributed by atoms with Crippen LogP contribution in [0.1, 0.15) is 42.4 Å². The van der Waals surface area contributed by atoms with Crippen molar-refractivity contribution >= 4 is 35.0 Å². The van der Waals surface area contributed by atoms with Crippen LogP contribution in [0.2, 0.25) is 0 Å². The molecule has 0 aromatic carbocycles. The zero-order valence-electron chi connectivity index (χ0n) is 10.7. The van der Waals surface area contributed by atoms with Gasteiger partial charge in [-0.2, -0.15) is 0 Å². The molecular weight excluding hydrogens is 196 g/mol. The minimum Gasteiger partial charge on any atom is -1.00 e. The molecule has 0 saturated carbocycles. The summed E-state index contributed by atoms with van der Waals surface area (Å²) in [6.45, 7) is 3.58. The van der Waals surface area contributed by atoms with Gasteiger partial charge >= 0.3 is 35.0 Å². The Balaban J connectivity index is -0.000000240. The first-order valence-electron chi connectivity index (χ1n) is 4.48. The van der Waals surface area contributed by atoms with Crippen LogP contribution in [0.5, 0.6) is 0 Å². The first-order valence-corrected chi connectivity index (χ1v) is 4.48. The number of hydrogen-bond donors (Lipinski definition) is 2. The third-order valence-electron chi connectivity index (χ3n) is 2.17. The van der Waals surface area contributed by atoms with E-state index in [1.54, 1.807) is 13.8 Å². The predicted molar refractivity (Wildman–Crippen MR) is 55.5 cm³/mol. The van der Waals surface area contributed by atoms with Crippen LogP contribution in [0.15, 0.2) is 0 Å². The van der Waals surface area contributed by atoms with Gasteiger partial charge in [0.1, 0.15) is 0 Å². The van der Waals surface area contributed by atoms with Gasteiger partial charge < -0.3 is 13.1 Å². The first-order chi connectivity index (χ1) is 6.01. The quantitative estimate of drug-likeness (QED) is 0.520. The van der Waals surface area contributed by atoms with Crippen LogP contribution in [-0.4, -0.2) is 45.2 Å². The van der Waals surface area contributed by atoms with E-state index in [4.69, 9.17) is 10.2 Å². The SMILES string of the molecule is CCCC(CCC)(C(=O)O)C(=O)O.[H-].[H-].[Mg+2]. The van der Waals surface area contributed by atoms with Gasteiger partial charge in [0.05, 0.1) is 0 Å². The van der Waals surface area contributed by atoms with E-state index in [-0.39, 0.29) is 38.7 Å². The van der Waals surface area contributed by atoms with Gasteiger partial charge in [0.15, 0.2) is 5.41 Å². The van der Waals surface area contributed by atoms with E-state index in [1.165, 1.54) is 0 Å². The van der Waals surface area contributed by atoms with Gasteiger partial charge in [-0.15, -0.1) is 0 Å². The van der Waals surface area contributed by atoms with Crippen LogP contribution < -0.4 is 0 Å². The molecule has 0 rings (SSSR count). The van der Waals surface area contributed by atoms with E-state index < -0.39 is 17.4 Å². The fourth-order valence-corrected chi connectivity index (χ4v) is 1.50. The van der Waals surface area contributed by atoms with Crippen molar-refractivity contribution in [2.45, 2.75) is 39.5 Å². The Morgan fingerprint density at radius 2 is 1.36 bits per heavy atom. The molecule has 0 atom stereocenters. The summed E-state index contributed by atoms with van der Waals surface area (Å²) in [5.74, 6) is -2.44. The minimum atomic E-state index is -1.57. The molecule has 0 aromatic rings. The van der Waals surface area contributed by atoms with Gasteiger partial charge in [0, 0.05) is 0 Å². The van der Waals surface area contributed by atoms with Crippen LogP contribution in [0.25, 0.3) is 0 Å². The summed E-state index contributed by atoms with van der Waals surface area (Å²) in [6, 6.07) is 0. The van der Waals surface area contributed by atoms with Crippen LogP contribution in [0, 0.1) is 5.41 Å². The molecule has 0 unspecified atom stereocenters. The van der Waals surface area contributed by atoms with Gasteiger partial charge in [0.25, 0.3) is 0 Å². The third kappa shape index (κ3) is 3.46. The molecule has 5 heteroatoms. The summed E-state index contributed by atoms with van der Waals surface area (Å²) in [5, 5.41) is 17.8. The molecule has 0 aliphatic rings. The molecule has 0 heterocycles. The van der Waals surface area contributed by atoms with Crippen molar-refractivity contribution in [1.29, 1.82) is 0 Å². The van der Waals surface area contributed by atoms with E-state index in [9.17, 15) is 9.59 Å². The molecule has 0 amide bonds. The predicted octanol–water partition coefficient (Wildman–Crippen LogP) is 1.59. The molecule has 0 bridgehead atoms. The van der Waals surface area contributed by atoms with E-state index in [0.717, 1.165) is 0 Å². The van der Waals surface area contributed by atoms with Crippen LogP contribution >= 0.6 is 0 Å². The minimum absolute atomic E-state index is 0. The van der Waals surface area contributed by atoms with Crippen molar-refractivity contribution in [3.63, 3.8) is 0 Å². The van der Waals surface area contributed by atoms with Crippen molar-refractivity contribution in [2.75, 3.05) is 0 Å². The molecule has 0 aliphatic heterocycles. The molecule has 0 fully saturated rings. The van der Waals surface area contributed by atoms with E-state index in [2.05, 4.69) is 0 Å². The third-order valence-corrected chi connectivity index (χ3v) is 2.17. The van der Waals surface area contributed by atoms with E-state index in [0.29, 0.717) is 12.8 Å². The summed E-state index contributed by atoms with van der Waals surface area (Å²) < 4.78 is 0. The van der Waals surface area contributed by atoms with Crippen LogP contribution in [0.4, 0.5) is 0 Å². The fourth-order valence-electron chi connectivity index (χ4n) is 1.50. The second kappa shape index (κ2) is 7.06. The Labute approximate surface area is 103 Å². The molecule has 4 nitrogen and oxygen atoms in total. The number of rotatable bonds is 6. The van der Waals surface area contributed by atoms with Crippen molar-refractivity contribution in [3.05, 3.63) is 0 Å². The average molecular weight is 215 g/mol. The number of carboxylic acids is 2. The standard InChI is InChI=1S/C9H16O4.Mg.2H/c1-3-5-9(6-4-2,7(10)11)8(12)13;;;/h3-6H2,1-2H3,(H,10,11)(H,12,13);;;/q;+2;2*-1. The summed E-state index contributed by atoms with van der Waals surface area (Å²) >= 11 is 0. The summed E-state index contributed by atoms with van der Waals surface area (Å²) in [6.07, 6.45) is 1.54. The Morgan fingerprint density at radius 1 is 1.07 bits per heavy atom. The zero-order chi connectivity index (χ0) is 10.5. The molecule has 2 N–H and O–H groups in total. The average Bonchev–Trinajstić information content (AvgIpc) is 2.03. The monoisotopic (exact) mass is 214 g/mol. The Hall–Kier alpha value is -0.294. The van der Waals surface area contributed by atoms with Gasteiger partial charge in [0.2, 0.25) is 0 Å². The number of carboxylic acid groups (broad SMARTS) is 2. The van der Waals surface area contributed by atoms with Gasteiger partial charge in [-0.05, 0) is 12.8 Å². The molecular formula is C9H18MgO4. The molecule has 0 radical (unpaired) electrons. The van der Waals surface area contributed by atoms with Crippen LogP contribution in [-0.2, 0) is 9.59 Å². The smallest absolute Gasteiger partial charge is 1.00 e. The summed E-state index contributed by atoms with van der Waals surface area (Å²) in [5.41, 5.74) is -1.57. The molecule has 0 spiro atoms. The van der Waals surface area contributed by atoms with Crippen molar-refractivity contribution in [1.82, 2.24) is 0 Å². The Bertz CT molecular complexity index is 190. The maximum Gasteiger partial charge on any atom is 2.00 e. The Morgan fingerprint density at radius 3 is 1.50 bits per heavy atom. The summed E-state index contributed by atoms with van der Waals surface area (Å²) in [7, 11) is 0. The zero-order valence-corrected chi connectivity index (χ0v) is 10.2. The van der Waals surface area contributed by atoms with E-state index in [1.807, 2.05) is 0 Å². The van der Waals surface area contributed by atoms with Gasteiger partial charge in [-0.1, -0.05) is 26.7 Å². The topological polar surface area (TPSA) is 74.6 Å². The molecule has 0 aliphatic carbocycles. The molecule has 0 aromatic heterocycles. The molecule has 0 saturated heterocycles. The normalized spacial score (nSPS) is 10.4. The van der Waals surface area contributed by atoms with E-state index >= 15 is 0 Å². The van der Waals surface area contributed by atoms with Gasteiger partial charge in [-0.25, -0.2) is 0 Å². The van der Waals surface area contributed by atoms with Crippen molar-refractivity contribution < 1.29 is 22.7 Å². The molecule has 80 valence electrons. The Kier molecular flexibility index (Phi) is 8.14. The fraction of sp³-hybridized carbons (Fsp3) is 0.778. The molecule has 14 heavy (non-hydrogen) atoms. The second-order valence-electron chi connectivity index (χ2n) is 3.19. The number of carbonyl (C=O) groups is 2. The second-order valence-corrected chi connectivity index (χ2v) is 3.19. The first kappa shape index (κ1) is 16.1. The maximum atomic E-state index is 10.9. The number of hydrogen-bond acceptors (Lipinski definition) is 2. The van der Waals surface area contributed by atoms with Crippen molar-refractivity contribution in [2.24, 2.45) is 5.41 Å². The number of aliphatic carboxylic acids is 2. The van der Waals surface area contributed by atoms with Gasteiger partial charge in [-0.3, -0.25) is 9.59 Å². The largest absolute Gasteiger partial charge is 2.00 e. The summed E-state index contributed by atoms with van der Waals surface area (Å²) in [4.78, 5) is 21.7.